The average Bonchev–Trinajstić information content (AvgIpc) is 3.33. The number of unbranched alkanes of at least 4 members (excludes halogenated alkanes) is 32. The largest absolute Gasteiger partial charge is 0.462 e. The summed E-state index contributed by atoms with van der Waals surface area (Å²) in [7, 11) is 0. The minimum absolute atomic E-state index is 0.102. The highest BCUT2D eigenvalue weighted by Crippen LogP contribution is 2.17. The van der Waals surface area contributed by atoms with E-state index < -0.39 is 12.1 Å². The maximum atomic E-state index is 12.8. The van der Waals surface area contributed by atoms with Crippen LogP contribution in [0.5, 0.6) is 0 Å². The zero-order chi connectivity index (χ0) is 48.6. The molecule has 0 saturated heterocycles. The number of allylic oxidation sites excluding steroid dienone is 9. The van der Waals surface area contributed by atoms with E-state index in [1.54, 1.807) is 6.08 Å². The number of hydrogen-bond acceptors (Lipinski definition) is 6. The van der Waals surface area contributed by atoms with Crippen LogP contribution in [0.1, 0.15) is 290 Å². The van der Waals surface area contributed by atoms with Crippen LogP contribution in [0.2, 0.25) is 0 Å². The first kappa shape index (κ1) is 64.1. The first-order chi connectivity index (χ1) is 33.0. The van der Waals surface area contributed by atoms with Crippen LogP contribution < -0.4 is 0 Å². The smallest absolute Gasteiger partial charge is 0.310 e. The molecule has 0 aliphatic heterocycles. The summed E-state index contributed by atoms with van der Waals surface area (Å²) in [5, 5.41) is 0. The molecule has 388 valence electrons. The van der Waals surface area contributed by atoms with Crippen molar-refractivity contribution in [1.82, 2.24) is 0 Å². The minimum atomic E-state index is -0.825. The molecule has 0 aliphatic rings. The number of hydrogen-bond donors (Lipinski definition) is 0. The second-order valence-electron chi connectivity index (χ2n) is 19.2. The van der Waals surface area contributed by atoms with Gasteiger partial charge in [-0.15, -0.1) is 0 Å². The Hall–Kier alpha value is -2.89. The van der Waals surface area contributed by atoms with Crippen molar-refractivity contribution in [2.45, 2.75) is 297 Å². The number of esters is 3. The zero-order valence-electron chi connectivity index (χ0n) is 44.4. The Morgan fingerprint density at radius 3 is 0.851 bits per heavy atom. The highest BCUT2D eigenvalue weighted by atomic mass is 16.6. The Bertz CT molecular complexity index is 1210. The van der Waals surface area contributed by atoms with Gasteiger partial charge in [0.1, 0.15) is 13.2 Å². The van der Waals surface area contributed by atoms with Crippen LogP contribution in [0.4, 0.5) is 0 Å². The Kier molecular flexibility index (Phi) is 53.3. The van der Waals surface area contributed by atoms with E-state index in [4.69, 9.17) is 14.2 Å². The molecule has 0 bridgehead atoms. The van der Waals surface area contributed by atoms with E-state index >= 15 is 0 Å². The number of rotatable bonds is 52. The summed E-state index contributed by atoms with van der Waals surface area (Å²) < 4.78 is 16.8. The summed E-state index contributed by atoms with van der Waals surface area (Å²) in [6.45, 7) is 6.48. The molecule has 0 aromatic rings. The molecular weight excluding hydrogens is 829 g/mol. The van der Waals surface area contributed by atoms with E-state index in [-0.39, 0.29) is 31.6 Å². The van der Waals surface area contributed by atoms with Crippen molar-refractivity contribution in [1.29, 1.82) is 0 Å². The van der Waals surface area contributed by atoms with Crippen LogP contribution in [0.15, 0.2) is 60.8 Å². The van der Waals surface area contributed by atoms with Gasteiger partial charge >= 0.3 is 17.9 Å². The molecule has 0 aromatic carbocycles. The molecule has 6 nitrogen and oxygen atoms in total. The standard InChI is InChI=1S/C61H108O6/c1-4-7-10-13-16-19-22-25-28-29-30-31-34-36-39-42-45-48-51-54-60(63)66-57-58(67-61(64)55-52-49-46-43-40-37-33-27-24-21-18-15-12-9-6-3)56-65-59(62)53-50-47-44-41-38-35-32-26-23-20-17-14-11-8-5-2/h9,12,18,21,27,33,40,43,49,52,58H,4-8,10-11,13-17,19-20,22-26,28-32,34-39,41-42,44-48,50-51,53-57H2,1-3H3/b12-9-,21-18-,33-27-,43-40-,52-49-. The van der Waals surface area contributed by atoms with Gasteiger partial charge in [-0.25, -0.2) is 0 Å². The van der Waals surface area contributed by atoms with Crippen LogP contribution in [-0.4, -0.2) is 37.2 Å². The predicted octanol–water partition coefficient (Wildman–Crippen LogP) is 19.2. The van der Waals surface area contributed by atoms with Gasteiger partial charge in [-0.3, -0.25) is 14.4 Å². The van der Waals surface area contributed by atoms with E-state index in [2.05, 4.69) is 69.4 Å². The van der Waals surface area contributed by atoms with Crippen LogP contribution in [0.25, 0.3) is 0 Å². The monoisotopic (exact) mass is 937 g/mol. The van der Waals surface area contributed by atoms with Crippen molar-refractivity contribution in [2.24, 2.45) is 0 Å². The molecule has 0 amide bonds. The maximum Gasteiger partial charge on any atom is 0.310 e. The van der Waals surface area contributed by atoms with Gasteiger partial charge in [0, 0.05) is 12.8 Å². The van der Waals surface area contributed by atoms with Crippen molar-refractivity contribution in [3.8, 4) is 0 Å². The molecule has 0 aliphatic carbocycles. The van der Waals surface area contributed by atoms with Gasteiger partial charge in [-0.2, -0.15) is 0 Å². The fourth-order valence-corrected chi connectivity index (χ4v) is 8.28. The zero-order valence-corrected chi connectivity index (χ0v) is 44.4. The molecule has 0 rings (SSSR count). The summed E-state index contributed by atoms with van der Waals surface area (Å²) in [4.78, 5) is 38.1. The fourth-order valence-electron chi connectivity index (χ4n) is 8.28. The van der Waals surface area contributed by atoms with Gasteiger partial charge < -0.3 is 14.2 Å². The SMILES string of the molecule is CC/C=C\C/C=C\C/C=C\C/C=C\C/C=C\CC(=O)OC(COC(=O)CCCCCCCCCCCCCCCCC)COC(=O)CCCCCCCCCCCCCCCCCCCCC. The summed E-state index contributed by atoms with van der Waals surface area (Å²) in [6, 6.07) is 0. The van der Waals surface area contributed by atoms with Crippen molar-refractivity contribution in [3.63, 3.8) is 0 Å². The molecule has 0 fully saturated rings. The number of carbonyl (C=O) groups excluding carboxylic acids is 3. The van der Waals surface area contributed by atoms with Crippen molar-refractivity contribution < 1.29 is 28.6 Å². The van der Waals surface area contributed by atoms with E-state index in [1.807, 2.05) is 6.08 Å². The van der Waals surface area contributed by atoms with Crippen LogP contribution in [0, 0.1) is 0 Å². The van der Waals surface area contributed by atoms with Crippen LogP contribution >= 0.6 is 0 Å². The molecule has 0 spiro atoms. The third-order valence-electron chi connectivity index (χ3n) is 12.6. The lowest BCUT2D eigenvalue weighted by Crippen LogP contribution is -2.30. The Morgan fingerprint density at radius 2 is 0.567 bits per heavy atom. The quantitative estimate of drug-likeness (QED) is 0.0262. The average molecular weight is 938 g/mol. The molecule has 0 radical (unpaired) electrons. The highest BCUT2D eigenvalue weighted by Gasteiger charge is 2.19. The number of carbonyl (C=O) groups is 3. The van der Waals surface area contributed by atoms with Gasteiger partial charge in [0.15, 0.2) is 6.10 Å². The molecule has 67 heavy (non-hydrogen) atoms. The fraction of sp³-hybridized carbons (Fsp3) is 0.787. The van der Waals surface area contributed by atoms with E-state index in [0.717, 1.165) is 70.6 Å². The molecule has 1 atom stereocenters. The van der Waals surface area contributed by atoms with Crippen molar-refractivity contribution >= 4 is 17.9 Å². The lowest BCUT2D eigenvalue weighted by molar-refractivity contribution is -0.166. The maximum absolute atomic E-state index is 12.8. The van der Waals surface area contributed by atoms with Crippen LogP contribution in [0.3, 0.4) is 0 Å². The number of ether oxygens (including phenoxy) is 3. The van der Waals surface area contributed by atoms with Crippen molar-refractivity contribution in [2.75, 3.05) is 13.2 Å². The van der Waals surface area contributed by atoms with Crippen molar-refractivity contribution in [3.05, 3.63) is 60.8 Å². The first-order valence-electron chi connectivity index (χ1n) is 28.8. The van der Waals surface area contributed by atoms with Crippen LogP contribution in [-0.2, 0) is 28.6 Å². The third kappa shape index (κ3) is 53.9. The first-order valence-corrected chi connectivity index (χ1v) is 28.8. The Balaban J connectivity index is 4.41. The summed E-state index contributed by atoms with van der Waals surface area (Å²) >= 11 is 0. The van der Waals surface area contributed by atoms with E-state index in [9.17, 15) is 14.4 Å². The van der Waals surface area contributed by atoms with E-state index in [1.165, 1.54) is 180 Å². The van der Waals surface area contributed by atoms with E-state index in [0.29, 0.717) is 12.8 Å². The molecule has 0 saturated carbocycles. The van der Waals surface area contributed by atoms with Gasteiger partial charge in [-0.1, -0.05) is 287 Å². The highest BCUT2D eigenvalue weighted by molar-refractivity contribution is 5.72. The second-order valence-corrected chi connectivity index (χ2v) is 19.2. The molecule has 6 heteroatoms. The van der Waals surface area contributed by atoms with Gasteiger partial charge in [0.05, 0.1) is 6.42 Å². The van der Waals surface area contributed by atoms with Gasteiger partial charge in [-0.05, 0) is 44.9 Å². The third-order valence-corrected chi connectivity index (χ3v) is 12.6. The molecule has 0 heterocycles. The lowest BCUT2D eigenvalue weighted by atomic mass is 10.0. The van der Waals surface area contributed by atoms with Gasteiger partial charge in [0.2, 0.25) is 0 Å². The second kappa shape index (κ2) is 55.7. The molecule has 1 unspecified atom stereocenters. The normalized spacial score (nSPS) is 12.5. The summed E-state index contributed by atoms with van der Waals surface area (Å²) in [5.41, 5.74) is 0. The predicted molar refractivity (Wildman–Crippen MR) is 288 cm³/mol. The summed E-state index contributed by atoms with van der Waals surface area (Å²) in [5.74, 6) is -1.02. The van der Waals surface area contributed by atoms with Gasteiger partial charge in [0.25, 0.3) is 0 Å². The molecular formula is C61H108O6. The summed E-state index contributed by atoms with van der Waals surface area (Å²) in [6.07, 6.45) is 69.6. The topological polar surface area (TPSA) is 78.9 Å². The molecule has 0 N–H and O–H groups in total. The lowest BCUT2D eigenvalue weighted by Gasteiger charge is -2.18. The Morgan fingerprint density at radius 1 is 0.313 bits per heavy atom. The Labute approximate surface area is 415 Å². The molecule has 0 aromatic heterocycles. The minimum Gasteiger partial charge on any atom is -0.462 e.